The average molecular weight is 338 g/mol. The molecule has 2 rings (SSSR count). The fraction of sp³-hybridized carbons (Fsp3) is 0.650. The highest BCUT2D eigenvalue weighted by Crippen LogP contribution is 2.37. The molecule has 0 atom stereocenters. The highest BCUT2D eigenvalue weighted by molar-refractivity contribution is 5.96. The quantitative estimate of drug-likeness (QED) is 0.628. The fourth-order valence-electron chi connectivity index (χ4n) is 3.60. The first-order chi connectivity index (χ1) is 10.6. The SMILES string of the molecule is CCC[C@H]1CC[C@H](c2ccc(C(=O)CCN(C)C)cc2)CC1.Cl. The van der Waals surface area contributed by atoms with Crippen LogP contribution >= 0.6 is 12.4 Å². The number of hydrogen-bond donors (Lipinski definition) is 0. The lowest BCUT2D eigenvalue weighted by Crippen LogP contribution is -2.17. The predicted octanol–water partition coefficient (Wildman–Crippen LogP) is 5.32. The van der Waals surface area contributed by atoms with Crippen LogP contribution in [0.25, 0.3) is 0 Å². The number of halogens is 1. The first-order valence-corrected chi connectivity index (χ1v) is 8.88. The van der Waals surface area contributed by atoms with Gasteiger partial charge in [0.1, 0.15) is 0 Å². The van der Waals surface area contributed by atoms with Crippen molar-refractivity contribution in [2.45, 2.75) is 57.8 Å². The van der Waals surface area contributed by atoms with Gasteiger partial charge in [-0.05, 0) is 57.2 Å². The van der Waals surface area contributed by atoms with Crippen LogP contribution in [-0.2, 0) is 0 Å². The van der Waals surface area contributed by atoms with Gasteiger partial charge in [0.15, 0.2) is 5.78 Å². The maximum Gasteiger partial charge on any atom is 0.164 e. The van der Waals surface area contributed by atoms with Gasteiger partial charge in [-0.2, -0.15) is 0 Å². The Labute approximate surface area is 148 Å². The van der Waals surface area contributed by atoms with Gasteiger partial charge in [0, 0.05) is 18.5 Å². The molecule has 0 unspecified atom stereocenters. The lowest BCUT2D eigenvalue weighted by molar-refractivity contribution is 0.0972. The van der Waals surface area contributed by atoms with Gasteiger partial charge >= 0.3 is 0 Å². The van der Waals surface area contributed by atoms with Crippen molar-refractivity contribution in [3.8, 4) is 0 Å². The Kier molecular flexibility index (Phi) is 8.86. The van der Waals surface area contributed by atoms with Crippen molar-refractivity contribution in [2.24, 2.45) is 5.92 Å². The number of hydrogen-bond acceptors (Lipinski definition) is 2. The molecule has 130 valence electrons. The van der Waals surface area contributed by atoms with Gasteiger partial charge in [-0.1, -0.05) is 44.0 Å². The van der Waals surface area contributed by atoms with Crippen LogP contribution in [0.5, 0.6) is 0 Å². The average Bonchev–Trinajstić information content (AvgIpc) is 2.54. The molecule has 1 saturated carbocycles. The molecule has 0 bridgehead atoms. The summed E-state index contributed by atoms with van der Waals surface area (Å²) in [4.78, 5) is 14.2. The molecule has 1 aromatic rings. The molecular formula is C20H32ClNO. The molecule has 1 aliphatic rings. The van der Waals surface area contributed by atoms with Gasteiger partial charge in [-0.25, -0.2) is 0 Å². The van der Waals surface area contributed by atoms with E-state index in [1.807, 2.05) is 26.2 Å². The van der Waals surface area contributed by atoms with Gasteiger partial charge < -0.3 is 4.90 Å². The minimum atomic E-state index is 0. The van der Waals surface area contributed by atoms with Gasteiger partial charge in [-0.3, -0.25) is 4.79 Å². The van der Waals surface area contributed by atoms with Crippen LogP contribution in [-0.4, -0.2) is 31.3 Å². The third kappa shape index (κ3) is 6.27. The number of carbonyl (C=O) groups is 1. The minimum absolute atomic E-state index is 0. The highest BCUT2D eigenvalue weighted by atomic mass is 35.5. The summed E-state index contributed by atoms with van der Waals surface area (Å²) in [5.74, 6) is 1.92. The summed E-state index contributed by atoms with van der Waals surface area (Å²) in [7, 11) is 4.01. The molecule has 0 radical (unpaired) electrons. The zero-order chi connectivity index (χ0) is 15.9. The molecule has 0 aromatic heterocycles. The van der Waals surface area contributed by atoms with E-state index in [1.165, 1.54) is 44.1 Å². The first-order valence-electron chi connectivity index (χ1n) is 8.88. The summed E-state index contributed by atoms with van der Waals surface area (Å²) in [5.41, 5.74) is 2.30. The molecule has 0 saturated heterocycles. The van der Waals surface area contributed by atoms with Crippen molar-refractivity contribution in [1.29, 1.82) is 0 Å². The Hall–Kier alpha value is -0.860. The molecular weight excluding hydrogens is 306 g/mol. The lowest BCUT2D eigenvalue weighted by Gasteiger charge is -2.28. The largest absolute Gasteiger partial charge is 0.309 e. The van der Waals surface area contributed by atoms with Crippen molar-refractivity contribution < 1.29 is 4.79 Å². The van der Waals surface area contributed by atoms with Crippen LogP contribution in [0, 0.1) is 5.92 Å². The van der Waals surface area contributed by atoms with Crippen molar-refractivity contribution in [2.75, 3.05) is 20.6 Å². The smallest absolute Gasteiger partial charge is 0.164 e. The van der Waals surface area contributed by atoms with E-state index in [0.717, 1.165) is 18.0 Å². The number of ketones is 1. The molecule has 0 amide bonds. The maximum absolute atomic E-state index is 12.1. The van der Waals surface area contributed by atoms with Crippen LogP contribution < -0.4 is 0 Å². The van der Waals surface area contributed by atoms with Crippen molar-refractivity contribution in [3.63, 3.8) is 0 Å². The molecule has 1 fully saturated rings. The lowest BCUT2D eigenvalue weighted by atomic mass is 9.77. The molecule has 3 heteroatoms. The normalized spacial score (nSPS) is 21.0. The van der Waals surface area contributed by atoms with E-state index in [2.05, 4.69) is 24.0 Å². The number of benzene rings is 1. The molecule has 0 spiro atoms. The Balaban J connectivity index is 0.00000264. The monoisotopic (exact) mass is 337 g/mol. The Morgan fingerprint density at radius 2 is 1.70 bits per heavy atom. The highest BCUT2D eigenvalue weighted by Gasteiger charge is 2.21. The van der Waals surface area contributed by atoms with E-state index in [0.29, 0.717) is 12.3 Å². The van der Waals surface area contributed by atoms with Crippen molar-refractivity contribution >= 4 is 18.2 Å². The zero-order valence-corrected chi connectivity index (χ0v) is 15.7. The number of rotatable bonds is 7. The van der Waals surface area contributed by atoms with Crippen LogP contribution in [0.2, 0.25) is 0 Å². The van der Waals surface area contributed by atoms with Crippen molar-refractivity contribution in [3.05, 3.63) is 35.4 Å². The first kappa shape index (κ1) is 20.2. The van der Waals surface area contributed by atoms with E-state index in [-0.39, 0.29) is 18.2 Å². The van der Waals surface area contributed by atoms with E-state index < -0.39 is 0 Å². The number of nitrogens with zero attached hydrogens (tertiary/aromatic N) is 1. The van der Waals surface area contributed by atoms with E-state index in [9.17, 15) is 4.79 Å². The minimum Gasteiger partial charge on any atom is -0.309 e. The van der Waals surface area contributed by atoms with E-state index >= 15 is 0 Å². The summed E-state index contributed by atoms with van der Waals surface area (Å²) in [6.45, 7) is 3.11. The van der Waals surface area contributed by atoms with Gasteiger partial charge in [0.25, 0.3) is 0 Å². The van der Waals surface area contributed by atoms with Gasteiger partial charge in [-0.15, -0.1) is 12.4 Å². The summed E-state index contributed by atoms with van der Waals surface area (Å²) in [6.07, 6.45) is 8.71. The molecule has 23 heavy (non-hydrogen) atoms. The second kappa shape index (κ2) is 10.1. The second-order valence-electron chi connectivity index (χ2n) is 7.10. The summed E-state index contributed by atoms with van der Waals surface area (Å²) < 4.78 is 0. The van der Waals surface area contributed by atoms with Gasteiger partial charge in [0.2, 0.25) is 0 Å². The van der Waals surface area contributed by atoms with Gasteiger partial charge in [0.05, 0.1) is 0 Å². The summed E-state index contributed by atoms with van der Waals surface area (Å²) >= 11 is 0. The Bertz CT molecular complexity index is 461. The topological polar surface area (TPSA) is 20.3 Å². The molecule has 0 aliphatic heterocycles. The molecule has 1 aromatic carbocycles. The Morgan fingerprint density at radius 3 is 2.22 bits per heavy atom. The Morgan fingerprint density at radius 1 is 1.09 bits per heavy atom. The van der Waals surface area contributed by atoms with Crippen LogP contribution in [0.4, 0.5) is 0 Å². The maximum atomic E-state index is 12.1. The fourth-order valence-corrected chi connectivity index (χ4v) is 3.60. The molecule has 0 heterocycles. The molecule has 2 nitrogen and oxygen atoms in total. The number of Topliss-reactive ketones (excluding diaryl/α,β-unsaturated/α-hetero) is 1. The molecule has 1 aliphatic carbocycles. The van der Waals surface area contributed by atoms with Crippen molar-refractivity contribution in [1.82, 2.24) is 4.90 Å². The van der Waals surface area contributed by atoms with Crippen LogP contribution in [0.3, 0.4) is 0 Å². The third-order valence-corrected chi connectivity index (χ3v) is 5.03. The summed E-state index contributed by atoms with van der Waals surface area (Å²) in [6, 6.07) is 8.44. The van der Waals surface area contributed by atoms with E-state index in [4.69, 9.17) is 0 Å². The van der Waals surface area contributed by atoms with Crippen LogP contribution in [0.15, 0.2) is 24.3 Å². The summed E-state index contributed by atoms with van der Waals surface area (Å²) in [5, 5.41) is 0. The molecule has 0 N–H and O–H groups in total. The zero-order valence-electron chi connectivity index (χ0n) is 14.9. The predicted molar refractivity (Wildman–Crippen MR) is 101 cm³/mol. The van der Waals surface area contributed by atoms with E-state index in [1.54, 1.807) is 0 Å². The van der Waals surface area contributed by atoms with Crippen LogP contribution in [0.1, 0.15) is 73.7 Å². The number of carbonyl (C=O) groups excluding carboxylic acids is 1. The second-order valence-corrected chi connectivity index (χ2v) is 7.10. The standard InChI is InChI=1S/C20H31NO.ClH/c1-4-5-16-6-8-17(9-7-16)18-10-12-19(13-11-18)20(22)14-15-21(2)3;/h10-13,16-17H,4-9,14-15H2,1-3H3;1H/t16-,17-;. The third-order valence-electron chi connectivity index (χ3n) is 5.03.